The second kappa shape index (κ2) is 10.4. The Hall–Kier alpha value is -2.87. The van der Waals surface area contributed by atoms with E-state index >= 15 is 0 Å². The maximum absolute atomic E-state index is 12.6. The minimum absolute atomic E-state index is 0.135. The van der Waals surface area contributed by atoms with E-state index in [-0.39, 0.29) is 23.8 Å². The van der Waals surface area contributed by atoms with Gasteiger partial charge < -0.3 is 10.1 Å². The first-order valence-electron chi connectivity index (χ1n) is 10.5. The Morgan fingerprint density at radius 3 is 2.61 bits per heavy atom. The van der Waals surface area contributed by atoms with Crippen LogP contribution in [0.1, 0.15) is 43.2 Å². The Kier molecular flexibility index (Phi) is 7.68. The van der Waals surface area contributed by atoms with Crippen molar-refractivity contribution in [2.24, 2.45) is 4.99 Å². The minimum atomic E-state index is -3.69. The van der Waals surface area contributed by atoms with Crippen LogP contribution in [0.2, 0.25) is 0 Å². The van der Waals surface area contributed by atoms with Crippen molar-refractivity contribution in [1.82, 2.24) is 4.72 Å². The van der Waals surface area contributed by atoms with Crippen molar-refractivity contribution < 1.29 is 17.9 Å². The van der Waals surface area contributed by atoms with Crippen molar-refractivity contribution in [2.45, 2.75) is 50.8 Å². The topological polar surface area (TPSA) is 96.9 Å². The lowest BCUT2D eigenvalue weighted by Gasteiger charge is -2.12. The highest BCUT2D eigenvalue weighted by Gasteiger charge is 2.17. The zero-order valence-corrected chi connectivity index (χ0v) is 18.8. The Labute approximate surface area is 184 Å². The highest BCUT2D eigenvalue weighted by atomic mass is 32.2. The fourth-order valence-electron chi connectivity index (χ4n) is 3.25. The molecule has 3 rings (SSSR count). The zero-order chi connectivity index (χ0) is 22.3. The first kappa shape index (κ1) is 22.8. The van der Waals surface area contributed by atoms with Crippen LogP contribution in [-0.4, -0.2) is 33.3 Å². The lowest BCUT2D eigenvalue weighted by Crippen LogP contribution is -2.30. The molecule has 0 saturated heterocycles. The van der Waals surface area contributed by atoms with Gasteiger partial charge in [-0.3, -0.25) is 14.5 Å². The van der Waals surface area contributed by atoms with Gasteiger partial charge in [0.2, 0.25) is 5.91 Å². The quantitative estimate of drug-likeness (QED) is 0.677. The molecule has 1 amide bonds. The van der Waals surface area contributed by atoms with E-state index in [4.69, 9.17) is 4.74 Å². The van der Waals surface area contributed by atoms with Crippen LogP contribution < -0.4 is 14.8 Å². The summed E-state index contributed by atoms with van der Waals surface area (Å²) in [5, 5.41) is 2.76. The molecule has 0 saturated carbocycles. The molecule has 0 spiro atoms. The molecule has 166 valence electrons. The largest absolute Gasteiger partial charge is 0.493 e. The van der Waals surface area contributed by atoms with Gasteiger partial charge in [0.25, 0.3) is 10.0 Å². The number of aryl methyl sites for hydroxylation is 1. The Balaban J connectivity index is 1.51. The normalized spacial score (nSPS) is 14.3. The van der Waals surface area contributed by atoms with E-state index < -0.39 is 10.0 Å². The van der Waals surface area contributed by atoms with E-state index in [2.05, 4.69) is 15.0 Å². The van der Waals surface area contributed by atoms with Crippen molar-refractivity contribution in [2.75, 3.05) is 18.5 Å². The van der Waals surface area contributed by atoms with Gasteiger partial charge in [-0.1, -0.05) is 18.6 Å². The first-order chi connectivity index (χ1) is 14.8. The second-order valence-corrected chi connectivity index (χ2v) is 9.30. The summed E-state index contributed by atoms with van der Waals surface area (Å²) in [7, 11) is -3.69. The minimum Gasteiger partial charge on any atom is -0.493 e. The predicted octanol–water partition coefficient (Wildman–Crippen LogP) is 3.96. The predicted molar refractivity (Wildman–Crippen MR) is 122 cm³/mol. The molecule has 0 bridgehead atoms. The number of anilines is 1. The molecule has 1 heterocycles. The lowest BCUT2D eigenvalue weighted by atomic mass is 10.1. The number of amidine groups is 1. The summed E-state index contributed by atoms with van der Waals surface area (Å²) in [5.41, 5.74) is 2.73. The number of nitrogens with zero attached hydrogens (tertiary/aromatic N) is 1. The van der Waals surface area contributed by atoms with E-state index in [1.54, 1.807) is 12.1 Å². The summed E-state index contributed by atoms with van der Waals surface area (Å²) in [4.78, 5) is 16.6. The van der Waals surface area contributed by atoms with E-state index in [1.807, 2.05) is 32.0 Å². The number of hydrogen-bond acceptors (Lipinski definition) is 5. The third-order valence-corrected chi connectivity index (χ3v) is 6.61. The van der Waals surface area contributed by atoms with E-state index in [9.17, 15) is 13.2 Å². The molecule has 7 nitrogen and oxygen atoms in total. The number of amides is 1. The maximum Gasteiger partial charge on any atom is 0.262 e. The second-order valence-electron chi connectivity index (χ2n) is 7.61. The number of benzene rings is 2. The lowest BCUT2D eigenvalue weighted by molar-refractivity contribution is -0.116. The van der Waals surface area contributed by atoms with Crippen molar-refractivity contribution in [1.29, 1.82) is 0 Å². The van der Waals surface area contributed by atoms with Crippen LogP contribution in [0.3, 0.4) is 0 Å². The van der Waals surface area contributed by atoms with Gasteiger partial charge in [-0.05, 0) is 68.1 Å². The van der Waals surface area contributed by atoms with Gasteiger partial charge in [0.15, 0.2) is 0 Å². The molecule has 1 aliphatic rings. The Bertz CT molecular complexity index is 1050. The number of rotatable bonds is 7. The molecule has 2 N–H and O–H groups in total. The molecular weight excluding hydrogens is 414 g/mol. The molecule has 1 aliphatic heterocycles. The summed E-state index contributed by atoms with van der Waals surface area (Å²) in [6, 6.07) is 11.9. The number of nitrogens with one attached hydrogen (secondary N) is 2. The molecule has 2 aromatic carbocycles. The number of sulfonamides is 1. The smallest absolute Gasteiger partial charge is 0.262 e. The van der Waals surface area contributed by atoms with Gasteiger partial charge in [0, 0.05) is 18.7 Å². The van der Waals surface area contributed by atoms with Crippen LogP contribution in [0.25, 0.3) is 0 Å². The van der Waals surface area contributed by atoms with Crippen molar-refractivity contribution in [3.63, 3.8) is 0 Å². The highest BCUT2D eigenvalue weighted by Crippen LogP contribution is 2.21. The van der Waals surface area contributed by atoms with Gasteiger partial charge in [-0.25, -0.2) is 8.42 Å². The molecule has 0 radical (unpaired) electrons. The van der Waals surface area contributed by atoms with Crippen LogP contribution in [0.15, 0.2) is 52.4 Å². The molecule has 0 aliphatic carbocycles. The van der Waals surface area contributed by atoms with E-state index in [0.717, 1.165) is 36.1 Å². The molecule has 0 fully saturated rings. The van der Waals surface area contributed by atoms with Gasteiger partial charge >= 0.3 is 0 Å². The zero-order valence-electron chi connectivity index (χ0n) is 18.0. The molecule has 0 unspecified atom stereocenters. The Morgan fingerprint density at radius 1 is 1.06 bits per heavy atom. The van der Waals surface area contributed by atoms with Crippen LogP contribution >= 0.6 is 0 Å². The number of carbonyl (C=O) groups is 1. The monoisotopic (exact) mass is 443 g/mol. The molecule has 0 aromatic heterocycles. The molecular formula is C23H29N3O4S. The maximum atomic E-state index is 12.6. The van der Waals surface area contributed by atoms with Gasteiger partial charge in [-0.15, -0.1) is 0 Å². The van der Waals surface area contributed by atoms with Crippen molar-refractivity contribution in [3.05, 3.63) is 53.6 Å². The van der Waals surface area contributed by atoms with E-state index in [0.29, 0.717) is 24.5 Å². The van der Waals surface area contributed by atoms with Crippen molar-refractivity contribution >= 4 is 27.5 Å². The standard InChI is InChI=1S/C23H29N3O4S/c1-17-7-6-8-21(18(17)2)30-16-14-23(27)25-19-10-12-20(13-11-19)31(28,29)26-22-9-4-3-5-15-24-22/h6-8,10-13H,3-5,9,14-16H2,1-2H3,(H,24,26)(H,25,27). The summed E-state index contributed by atoms with van der Waals surface area (Å²) in [6.07, 6.45) is 3.79. The molecule has 31 heavy (non-hydrogen) atoms. The number of hydrogen-bond donors (Lipinski definition) is 2. The van der Waals surface area contributed by atoms with Crippen LogP contribution in [0, 0.1) is 13.8 Å². The highest BCUT2D eigenvalue weighted by molar-refractivity contribution is 7.90. The molecule has 8 heteroatoms. The summed E-state index contributed by atoms with van der Waals surface area (Å²) in [5.74, 6) is 1.08. The SMILES string of the molecule is Cc1cccc(OCCC(=O)Nc2ccc(S(=O)(=O)NC3=NCCCCC3)cc2)c1C. The van der Waals surface area contributed by atoms with Gasteiger partial charge in [0.05, 0.1) is 17.9 Å². The van der Waals surface area contributed by atoms with Gasteiger partial charge in [-0.2, -0.15) is 0 Å². The molecule has 0 atom stereocenters. The van der Waals surface area contributed by atoms with Crippen molar-refractivity contribution in [3.8, 4) is 5.75 Å². The van der Waals surface area contributed by atoms with E-state index in [1.165, 1.54) is 12.1 Å². The van der Waals surface area contributed by atoms with Crippen LogP contribution in [-0.2, 0) is 14.8 Å². The number of ether oxygens (including phenoxy) is 1. The average Bonchev–Trinajstić information content (AvgIpc) is 3.00. The third kappa shape index (κ3) is 6.55. The average molecular weight is 444 g/mol. The van der Waals surface area contributed by atoms with Crippen LogP contribution in [0.4, 0.5) is 5.69 Å². The summed E-state index contributed by atoms with van der Waals surface area (Å²) in [6.45, 7) is 4.90. The number of aliphatic imine (C=N–C) groups is 1. The fourth-order valence-corrected chi connectivity index (χ4v) is 4.34. The fraction of sp³-hybridized carbons (Fsp3) is 0.391. The van der Waals surface area contributed by atoms with Crippen LogP contribution in [0.5, 0.6) is 5.75 Å². The summed E-state index contributed by atoms with van der Waals surface area (Å²) < 4.78 is 33.4. The third-order valence-electron chi connectivity index (χ3n) is 5.22. The first-order valence-corrected chi connectivity index (χ1v) is 12.0. The molecule has 2 aromatic rings. The van der Waals surface area contributed by atoms with Gasteiger partial charge in [0.1, 0.15) is 11.6 Å². The Morgan fingerprint density at radius 2 is 1.84 bits per heavy atom. The number of carbonyl (C=O) groups excluding carboxylic acids is 1. The summed E-state index contributed by atoms with van der Waals surface area (Å²) >= 11 is 0.